The van der Waals surface area contributed by atoms with Crippen LogP contribution in [0.15, 0.2) is 54.6 Å². The second kappa shape index (κ2) is 8.02. The van der Waals surface area contributed by atoms with E-state index in [1.165, 1.54) is 22.2 Å². The lowest BCUT2D eigenvalue weighted by Crippen LogP contribution is -2.57. The average molecular weight is 419 g/mol. The summed E-state index contributed by atoms with van der Waals surface area (Å²) in [5.41, 5.74) is 4.64. The number of aliphatic hydroxyl groups excluding tert-OH is 1. The van der Waals surface area contributed by atoms with Crippen LogP contribution in [0, 0.1) is 5.92 Å². The van der Waals surface area contributed by atoms with Crippen LogP contribution >= 0.6 is 0 Å². The first-order valence-corrected chi connectivity index (χ1v) is 11.1. The summed E-state index contributed by atoms with van der Waals surface area (Å²) < 4.78 is 0. The van der Waals surface area contributed by atoms with Gasteiger partial charge in [0.2, 0.25) is 0 Å². The van der Waals surface area contributed by atoms with E-state index in [1.54, 1.807) is 4.90 Å². The molecular weight excluding hydrogens is 388 g/mol. The summed E-state index contributed by atoms with van der Waals surface area (Å²) in [6.45, 7) is 3.61. The second-order valence-corrected chi connectivity index (χ2v) is 8.94. The molecule has 0 bridgehead atoms. The van der Waals surface area contributed by atoms with E-state index in [9.17, 15) is 9.90 Å². The van der Waals surface area contributed by atoms with Crippen LogP contribution in [-0.4, -0.2) is 58.2 Å². The Kier molecular flexibility index (Phi) is 5.20. The zero-order valence-corrected chi connectivity index (χ0v) is 18.1. The number of aliphatic hydroxyl groups is 1. The number of aromatic nitrogens is 1. The molecule has 4 atom stereocenters. The molecule has 31 heavy (non-hydrogen) atoms. The topological polar surface area (TPSA) is 71.6 Å². The third kappa shape index (κ3) is 3.60. The van der Waals surface area contributed by atoms with Crippen molar-refractivity contribution in [2.45, 2.75) is 38.0 Å². The number of aromatic amines is 1. The van der Waals surface area contributed by atoms with Gasteiger partial charge in [0.1, 0.15) is 0 Å². The molecule has 1 saturated heterocycles. The van der Waals surface area contributed by atoms with Crippen molar-refractivity contribution in [2.75, 3.05) is 25.5 Å². The third-order valence-corrected chi connectivity index (χ3v) is 7.14. The predicted octanol–water partition coefficient (Wildman–Crippen LogP) is 4.00. The van der Waals surface area contributed by atoms with Gasteiger partial charge in [-0.2, -0.15) is 0 Å². The lowest BCUT2D eigenvalue weighted by atomic mass is 9.80. The Morgan fingerprint density at radius 2 is 1.94 bits per heavy atom. The number of anilines is 1. The quantitative estimate of drug-likeness (QED) is 0.602. The largest absolute Gasteiger partial charge is 0.393 e. The van der Waals surface area contributed by atoms with E-state index in [2.05, 4.69) is 39.5 Å². The van der Waals surface area contributed by atoms with E-state index < -0.39 is 6.10 Å². The van der Waals surface area contributed by atoms with Gasteiger partial charge in [-0.25, -0.2) is 4.79 Å². The van der Waals surface area contributed by atoms with Crippen molar-refractivity contribution < 1.29 is 9.90 Å². The van der Waals surface area contributed by atoms with Crippen LogP contribution in [0.2, 0.25) is 0 Å². The maximum Gasteiger partial charge on any atom is 0.321 e. The highest BCUT2D eigenvalue weighted by molar-refractivity contribution is 5.89. The van der Waals surface area contributed by atoms with Crippen LogP contribution < -0.4 is 5.32 Å². The normalized spacial score (nSPS) is 24.3. The molecule has 162 valence electrons. The highest BCUT2D eigenvalue weighted by atomic mass is 16.3. The molecule has 0 unspecified atom stereocenters. The van der Waals surface area contributed by atoms with Crippen molar-refractivity contribution in [3.05, 3.63) is 65.9 Å². The number of hydrogen-bond acceptors (Lipinski definition) is 3. The van der Waals surface area contributed by atoms with Crippen molar-refractivity contribution in [3.63, 3.8) is 0 Å². The molecule has 3 heterocycles. The molecule has 2 aromatic carbocycles. The molecule has 1 aromatic heterocycles. The Balaban J connectivity index is 1.43. The molecule has 0 aliphatic carbocycles. The van der Waals surface area contributed by atoms with Crippen molar-refractivity contribution in [3.8, 4) is 0 Å². The van der Waals surface area contributed by atoms with Gasteiger partial charge < -0.3 is 20.3 Å². The van der Waals surface area contributed by atoms with Gasteiger partial charge in [0.25, 0.3) is 0 Å². The standard InChI is InChI=1S/C25H30N4O2/c1-16(30)20-15-29-13-12-19-18-10-6-7-11-21(18)27-24(19)23(29)14-22(20)28(2)25(31)26-17-8-4-3-5-9-17/h3-11,16,20,22-23,27,30H,12-15H2,1-2H3,(H,26,31)/t16-,20-,22-,23-/m0/s1. The second-order valence-electron chi connectivity index (χ2n) is 8.94. The lowest BCUT2D eigenvalue weighted by molar-refractivity contribution is -0.0177. The summed E-state index contributed by atoms with van der Waals surface area (Å²) in [5, 5.41) is 14.9. The molecule has 3 aromatic rings. The number of nitrogens with zero attached hydrogens (tertiary/aromatic N) is 2. The van der Waals surface area contributed by atoms with E-state index in [0.29, 0.717) is 0 Å². The van der Waals surface area contributed by atoms with Crippen LogP contribution in [0.3, 0.4) is 0 Å². The van der Waals surface area contributed by atoms with Gasteiger partial charge in [-0.1, -0.05) is 36.4 Å². The first-order valence-electron chi connectivity index (χ1n) is 11.1. The lowest BCUT2D eigenvalue weighted by Gasteiger charge is -2.49. The Morgan fingerprint density at radius 3 is 2.71 bits per heavy atom. The number of para-hydroxylation sites is 2. The van der Waals surface area contributed by atoms with E-state index in [0.717, 1.165) is 31.6 Å². The molecule has 0 radical (unpaired) electrons. The predicted molar refractivity (Wildman–Crippen MR) is 123 cm³/mol. The number of hydrogen-bond donors (Lipinski definition) is 3. The zero-order valence-electron chi connectivity index (χ0n) is 18.1. The maximum atomic E-state index is 13.0. The van der Waals surface area contributed by atoms with Crippen LogP contribution in [0.5, 0.6) is 0 Å². The van der Waals surface area contributed by atoms with Crippen LogP contribution in [0.4, 0.5) is 10.5 Å². The fourth-order valence-electron chi connectivity index (χ4n) is 5.45. The van der Waals surface area contributed by atoms with Crippen LogP contribution in [0.25, 0.3) is 10.9 Å². The Bertz CT molecular complexity index is 1080. The minimum atomic E-state index is -0.484. The first kappa shape index (κ1) is 20.1. The van der Waals surface area contributed by atoms with Gasteiger partial charge in [-0.05, 0) is 43.5 Å². The molecule has 0 spiro atoms. The molecule has 0 saturated carbocycles. The highest BCUT2D eigenvalue weighted by Crippen LogP contribution is 2.42. The SMILES string of the molecule is C[C@H](O)[C@@H]1CN2CCc3c([nH]c4ccccc34)[C@@H]2C[C@@H]1N(C)C(=O)Nc1ccccc1. The van der Waals surface area contributed by atoms with Gasteiger partial charge in [0, 0.05) is 54.4 Å². The molecule has 2 aliphatic rings. The Morgan fingerprint density at radius 1 is 1.19 bits per heavy atom. The number of fused-ring (bicyclic) bond motifs is 5. The van der Waals surface area contributed by atoms with E-state index in [4.69, 9.17) is 0 Å². The number of urea groups is 1. The number of benzene rings is 2. The fraction of sp³-hybridized carbons (Fsp3) is 0.400. The molecule has 2 amide bonds. The van der Waals surface area contributed by atoms with Gasteiger partial charge >= 0.3 is 6.03 Å². The highest BCUT2D eigenvalue weighted by Gasteiger charge is 2.44. The van der Waals surface area contributed by atoms with E-state index in [-0.39, 0.29) is 24.0 Å². The number of piperidine rings is 1. The van der Waals surface area contributed by atoms with Crippen molar-refractivity contribution in [1.82, 2.24) is 14.8 Å². The van der Waals surface area contributed by atoms with E-state index >= 15 is 0 Å². The van der Waals surface area contributed by atoms with Gasteiger partial charge in [-0.15, -0.1) is 0 Å². The van der Waals surface area contributed by atoms with Crippen LogP contribution in [-0.2, 0) is 6.42 Å². The number of carbonyl (C=O) groups is 1. The number of rotatable bonds is 3. The summed E-state index contributed by atoms with van der Waals surface area (Å²) in [7, 11) is 1.85. The minimum Gasteiger partial charge on any atom is -0.393 e. The smallest absolute Gasteiger partial charge is 0.321 e. The molecule has 2 aliphatic heterocycles. The molecular formula is C25H30N4O2. The first-order chi connectivity index (χ1) is 15.0. The van der Waals surface area contributed by atoms with Crippen LogP contribution in [0.1, 0.15) is 30.6 Å². The summed E-state index contributed by atoms with van der Waals surface area (Å²) in [6, 6.07) is 18.0. The summed E-state index contributed by atoms with van der Waals surface area (Å²) in [6.07, 6.45) is 1.33. The van der Waals surface area contributed by atoms with Crippen molar-refractivity contribution in [2.24, 2.45) is 5.92 Å². The van der Waals surface area contributed by atoms with Gasteiger partial charge in [0.05, 0.1) is 12.1 Å². The molecule has 1 fully saturated rings. The Hall–Kier alpha value is -2.83. The number of amides is 2. The maximum absolute atomic E-state index is 13.0. The van der Waals surface area contributed by atoms with Crippen molar-refractivity contribution >= 4 is 22.6 Å². The third-order valence-electron chi connectivity index (χ3n) is 7.14. The molecule has 3 N–H and O–H groups in total. The molecule has 5 rings (SSSR count). The summed E-state index contributed by atoms with van der Waals surface area (Å²) in [4.78, 5) is 21.0. The molecule has 6 nitrogen and oxygen atoms in total. The zero-order chi connectivity index (χ0) is 21.5. The van der Waals surface area contributed by atoms with E-state index in [1.807, 2.05) is 44.3 Å². The van der Waals surface area contributed by atoms with Gasteiger partial charge in [0.15, 0.2) is 0 Å². The number of nitrogens with one attached hydrogen (secondary N) is 2. The fourth-order valence-corrected chi connectivity index (χ4v) is 5.45. The van der Waals surface area contributed by atoms with Gasteiger partial charge in [-0.3, -0.25) is 4.90 Å². The monoisotopic (exact) mass is 418 g/mol. The number of H-pyrrole nitrogens is 1. The summed E-state index contributed by atoms with van der Waals surface area (Å²) >= 11 is 0. The minimum absolute atomic E-state index is 0.00806. The summed E-state index contributed by atoms with van der Waals surface area (Å²) in [5.74, 6) is 0.00806. The average Bonchev–Trinajstić information content (AvgIpc) is 3.17. The van der Waals surface area contributed by atoms with Crippen molar-refractivity contribution in [1.29, 1.82) is 0 Å². The Labute approximate surface area is 182 Å². The number of carbonyl (C=O) groups excluding carboxylic acids is 1. The molecule has 6 heteroatoms.